The van der Waals surface area contributed by atoms with Crippen LogP contribution in [-0.4, -0.2) is 56.3 Å². The first-order valence-electron chi connectivity index (χ1n) is 8.52. The van der Waals surface area contributed by atoms with Crippen molar-refractivity contribution in [1.82, 2.24) is 8.61 Å². The van der Waals surface area contributed by atoms with Crippen LogP contribution in [0.5, 0.6) is 0 Å². The van der Waals surface area contributed by atoms with Crippen LogP contribution in [0, 0.1) is 11.8 Å². The molecule has 6 heteroatoms. The van der Waals surface area contributed by atoms with Crippen molar-refractivity contribution in [2.45, 2.75) is 20.3 Å². The van der Waals surface area contributed by atoms with Gasteiger partial charge in [-0.2, -0.15) is 17.0 Å². The molecule has 2 fully saturated rings. The van der Waals surface area contributed by atoms with Crippen LogP contribution in [0.1, 0.15) is 20.3 Å². The molecule has 2 saturated heterocycles. The van der Waals surface area contributed by atoms with E-state index in [1.165, 1.54) is 5.69 Å². The summed E-state index contributed by atoms with van der Waals surface area (Å²) in [7, 11) is -3.32. The Hall–Kier alpha value is -1.11. The molecule has 23 heavy (non-hydrogen) atoms. The number of para-hydroxylation sites is 1. The van der Waals surface area contributed by atoms with Crippen LogP contribution in [0.2, 0.25) is 0 Å². The fourth-order valence-corrected chi connectivity index (χ4v) is 5.61. The lowest BCUT2D eigenvalue weighted by Crippen LogP contribution is -2.55. The summed E-state index contributed by atoms with van der Waals surface area (Å²) in [5, 5.41) is 0. The first-order valence-corrected chi connectivity index (χ1v) is 9.91. The van der Waals surface area contributed by atoms with Crippen molar-refractivity contribution in [2.75, 3.05) is 44.2 Å². The number of nitrogens with zero attached hydrogens (tertiary/aromatic N) is 3. The maximum Gasteiger partial charge on any atom is 0.282 e. The molecule has 2 atom stereocenters. The van der Waals surface area contributed by atoms with Gasteiger partial charge in [-0.15, -0.1) is 0 Å². The Balaban J connectivity index is 1.64. The Morgan fingerprint density at radius 1 is 0.870 bits per heavy atom. The summed E-state index contributed by atoms with van der Waals surface area (Å²) in [6.07, 6.45) is 1.12. The topological polar surface area (TPSA) is 43.9 Å². The average molecular weight is 337 g/mol. The van der Waals surface area contributed by atoms with Gasteiger partial charge in [-0.25, -0.2) is 0 Å². The molecule has 1 aromatic rings. The Morgan fingerprint density at radius 2 is 1.43 bits per heavy atom. The number of benzene rings is 1. The largest absolute Gasteiger partial charge is 0.369 e. The lowest BCUT2D eigenvalue weighted by Gasteiger charge is -2.40. The predicted molar refractivity (Wildman–Crippen MR) is 93.7 cm³/mol. The highest BCUT2D eigenvalue weighted by molar-refractivity contribution is 7.86. The van der Waals surface area contributed by atoms with Gasteiger partial charge in [0.25, 0.3) is 10.2 Å². The third-order valence-corrected chi connectivity index (χ3v) is 6.82. The normalized spacial score (nSPS) is 28.0. The molecule has 1 aromatic carbocycles. The van der Waals surface area contributed by atoms with E-state index in [4.69, 9.17) is 0 Å². The van der Waals surface area contributed by atoms with E-state index in [9.17, 15) is 8.42 Å². The van der Waals surface area contributed by atoms with Crippen molar-refractivity contribution < 1.29 is 8.42 Å². The quantitative estimate of drug-likeness (QED) is 0.848. The average Bonchev–Trinajstić information content (AvgIpc) is 2.55. The van der Waals surface area contributed by atoms with E-state index in [-0.39, 0.29) is 0 Å². The van der Waals surface area contributed by atoms with Gasteiger partial charge in [0.1, 0.15) is 0 Å². The van der Waals surface area contributed by atoms with Gasteiger partial charge in [0, 0.05) is 45.0 Å². The van der Waals surface area contributed by atoms with Gasteiger partial charge in [0.05, 0.1) is 0 Å². The van der Waals surface area contributed by atoms with E-state index in [0.29, 0.717) is 38.0 Å². The van der Waals surface area contributed by atoms with Crippen LogP contribution in [-0.2, 0) is 10.2 Å². The molecule has 2 aliphatic rings. The Morgan fingerprint density at radius 3 is 2.00 bits per heavy atom. The number of piperidine rings is 1. The van der Waals surface area contributed by atoms with Crippen LogP contribution < -0.4 is 4.90 Å². The van der Waals surface area contributed by atoms with E-state index in [1.54, 1.807) is 8.61 Å². The van der Waals surface area contributed by atoms with Gasteiger partial charge in [0.2, 0.25) is 0 Å². The third-order valence-electron chi connectivity index (χ3n) is 4.85. The van der Waals surface area contributed by atoms with Crippen LogP contribution in [0.3, 0.4) is 0 Å². The van der Waals surface area contributed by atoms with E-state index in [2.05, 4.69) is 30.9 Å². The first kappa shape index (κ1) is 16.7. The van der Waals surface area contributed by atoms with Crippen molar-refractivity contribution in [1.29, 1.82) is 0 Å². The molecule has 0 spiro atoms. The highest BCUT2D eigenvalue weighted by Crippen LogP contribution is 2.25. The summed E-state index contributed by atoms with van der Waals surface area (Å²) in [4.78, 5) is 2.26. The molecule has 0 saturated carbocycles. The molecule has 0 aliphatic carbocycles. The van der Waals surface area contributed by atoms with E-state index in [0.717, 1.165) is 19.5 Å². The second-order valence-electron chi connectivity index (χ2n) is 6.99. The minimum absolute atomic E-state index is 0.444. The molecule has 2 heterocycles. The Bertz CT molecular complexity index is 602. The molecular weight excluding hydrogens is 310 g/mol. The van der Waals surface area contributed by atoms with E-state index in [1.807, 2.05) is 18.2 Å². The van der Waals surface area contributed by atoms with Crippen molar-refractivity contribution in [3.63, 3.8) is 0 Å². The summed E-state index contributed by atoms with van der Waals surface area (Å²) < 4.78 is 29.2. The second-order valence-corrected chi connectivity index (χ2v) is 8.92. The molecule has 2 aliphatic heterocycles. The number of anilines is 1. The summed E-state index contributed by atoms with van der Waals surface area (Å²) in [5.41, 5.74) is 1.17. The molecule has 0 bridgehead atoms. The summed E-state index contributed by atoms with van der Waals surface area (Å²) >= 11 is 0. The van der Waals surface area contributed by atoms with Gasteiger partial charge in [0.15, 0.2) is 0 Å². The highest BCUT2D eigenvalue weighted by Gasteiger charge is 2.36. The van der Waals surface area contributed by atoms with Gasteiger partial charge < -0.3 is 4.90 Å². The van der Waals surface area contributed by atoms with Crippen molar-refractivity contribution in [3.05, 3.63) is 30.3 Å². The Kier molecular flexibility index (Phi) is 4.94. The van der Waals surface area contributed by atoms with Crippen LogP contribution in [0.15, 0.2) is 30.3 Å². The minimum atomic E-state index is -3.32. The van der Waals surface area contributed by atoms with Crippen LogP contribution in [0.4, 0.5) is 5.69 Å². The monoisotopic (exact) mass is 337 g/mol. The third kappa shape index (κ3) is 3.70. The fraction of sp³-hybridized carbons (Fsp3) is 0.647. The molecule has 5 nitrogen and oxygen atoms in total. The number of hydrogen-bond acceptors (Lipinski definition) is 3. The zero-order chi connectivity index (χ0) is 16.4. The minimum Gasteiger partial charge on any atom is -0.369 e. The summed E-state index contributed by atoms with van der Waals surface area (Å²) in [5.74, 6) is 0.887. The molecule has 0 radical (unpaired) electrons. The standard InChI is InChI=1S/C17H27N3O2S/c1-15-12-16(2)14-20(13-15)23(21,22)19-10-8-18(9-11-19)17-6-4-3-5-7-17/h3-7,15-16H,8-14H2,1-2H3. The number of rotatable bonds is 3. The van der Waals surface area contributed by atoms with Gasteiger partial charge in [-0.1, -0.05) is 32.0 Å². The maximum atomic E-state index is 12.9. The Labute approximate surface area is 140 Å². The fourth-order valence-electron chi connectivity index (χ4n) is 3.77. The van der Waals surface area contributed by atoms with Gasteiger partial charge in [-0.3, -0.25) is 0 Å². The smallest absolute Gasteiger partial charge is 0.282 e. The molecular formula is C17H27N3O2S. The predicted octanol–water partition coefficient (Wildman–Crippen LogP) is 2.03. The van der Waals surface area contributed by atoms with Crippen molar-refractivity contribution in [3.8, 4) is 0 Å². The number of hydrogen-bond donors (Lipinski definition) is 0. The zero-order valence-corrected chi connectivity index (χ0v) is 14.9. The maximum absolute atomic E-state index is 12.9. The lowest BCUT2D eigenvalue weighted by atomic mass is 9.94. The van der Waals surface area contributed by atoms with E-state index < -0.39 is 10.2 Å². The summed E-state index contributed by atoms with van der Waals surface area (Å²) in [6.45, 7) is 8.24. The second kappa shape index (κ2) is 6.79. The van der Waals surface area contributed by atoms with Gasteiger partial charge in [-0.05, 0) is 30.4 Å². The molecule has 128 valence electrons. The van der Waals surface area contributed by atoms with Crippen molar-refractivity contribution in [2.24, 2.45) is 11.8 Å². The van der Waals surface area contributed by atoms with Crippen molar-refractivity contribution >= 4 is 15.9 Å². The molecule has 0 amide bonds. The zero-order valence-electron chi connectivity index (χ0n) is 14.1. The summed E-state index contributed by atoms with van der Waals surface area (Å²) in [6, 6.07) is 10.2. The SMILES string of the molecule is CC1CC(C)CN(S(=O)(=O)N2CCN(c3ccccc3)CC2)C1. The van der Waals surface area contributed by atoms with E-state index >= 15 is 0 Å². The highest BCUT2D eigenvalue weighted by atomic mass is 32.2. The van der Waals surface area contributed by atoms with Crippen LogP contribution in [0.25, 0.3) is 0 Å². The lowest BCUT2D eigenvalue weighted by molar-refractivity contribution is 0.207. The molecule has 2 unspecified atom stereocenters. The first-order chi connectivity index (χ1) is 11.0. The van der Waals surface area contributed by atoms with Crippen LogP contribution >= 0.6 is 0 Å². The molecule has 0 aromatic heterocycles. The van der Waals surface area contributed by atoms with Gasteiger partial charge >= 0.3 is 0 Å². The molecule has 0 N–H and O–H groups in total. The number of piperazine rings is 1. The molecule has 3 rings (SSSR count).